The first kappa shape index (κ1) is 16.8. The van der Waals surface area contributed by atoms with Crippen LogP contribution in [-0.2, 0) is 4.79 Å². The Labute approximate surface area is 67.8 Å². The van der Waals surface area contributed by atoms with Gasteiger partial charge in [0.15, 0.2) is 0 Å². The Kier molecular flexibility index (Phi) is 11.4. The fourth-order valence-electron chi connectivity index (χ4n) is 0. The van der Waals surface area contributed by atoms with Crippen LogP contribution in [0.4, 0.5) is 0 Å². The van der Waals surface area contributed by atoms with Crippen molar-refractivity contribution in [2.24, 2.45) is 5.41 Å². The number of carboxylic acids is 1. The molecule has 0 atom stereocenters. The quantitative estimate of drug-likeness (QED) is 0.504. The Balaban J connectivity index is -0.000000114. The standard InChI is InChI=1S/C5H12O.C2H4O2.H3N/c1-5(2,3)4-6;1-2(3)4;/h6H,4H2,1-3H3;1H3,(H,3,4);1H3. The van der Waals surface area contributed by atoms with E-state index in [0.29, 0.717) is 0 Å². The SMILES string of the molecule is CC(=O)O.CC(C)(C)CO.N. The van der Waals surface area contributed by atoms with Crippen LogP contribution in [0.1, 0.15) is 27.7 Å². The van der Waals surface area contributed by atoms with E-state index in [9.17, 15) is 0 Å². The Bertz CT molecular complexity index is 92.3. The number of rotatable bonds is 0. The van der Waals surface area contributed by atoms with Gasteiger partial charge in [0.2, 0.25) is 0 Å². The van der Waals surface area contributed by atoms with Gasteiger partial charge < -0.3 is 16.4 Å². The van der Waals surface area contributed by atoms with E-state index in [4.69, 9.17) is 15.0 Å². The van der Waals surface area contributed by atoms with Crippen LogP contribution in [0.3, 0.4) is 0 Å². The highest BCUT2D eigenvalue weighted by molar-refractivity contribution is 5.62. The molecular formula is C7H19NO3. The average Bonchev–Trinajstić information content (AvgIpc) is 1.63. The zero-order chi connectivity index (χ0) is 8.78. The molecule has 0 saturated carbocycles. The molecule has 0 heterocycles. The minimum absolute atomic E-state index is 0. The van der Waals surface area contributed by atoms with Crippen LogP contribution >= 0.6 is 0 Å². The normalized spacial score (nSPS) is 8.82. The van der Waals surface area contributed by atoms with Crippen molar-refractivity contribution in [2.75, 3.05) is 6.61 Å². The second-order valence-corrected chi connectivity index (χ2v) is 3.24. The number of hydrogen-bond donors (Lipinski definition) is 3. The summed E-state index contributed by atoms with van der Waals surface area (Å²) in [4.78, 5) is 9.00. The van der Waals surface area contributed by atoms with Gasteiger partial charge >= 0.3 is 0 Å². The summed E-state index contributed by atoms with van der Waals surface area (Å²) in [6.45, 7) is 7.33. The van der Waals surface area contributed by atoms with Crippen molar-refractivity contribution < 1.29 is 15.0 Å². The number of aliphatic hydroxyl groups excluding tert-OH is 1. The van der Waals surface area contributed by atoms with Crippen LogP contribution in [0.25, 0.3) is 0 Å². The fourth-order valence-corrected chi connectivity index (χ4v) is 0. The molecule has 0 radical (unpaired) electrons. The van der Waals surface area contributed by atoms with E-state index < -0.39 is 5.97 Å². The summed E-state index contributed by atoms with van der Waals surface area (Å²) < 4.78 is 0. The molecule has 0 amide bonds. The van der Waals surface area contributed by atoms with E-state index in [1.807, 2.05) is 20.8 Å². The zero-order valence-corrected chi connectivity index (χ0v) is 7.72. The van der Waals surface area contributed by atoms with Crippen molar-refractivity contribution in [1.29, 1.82) is 0 Å². The summed E-state index contributed by atoms with van der Waals surface area (Å²) in [5, 5.41) is 15.8. The van der Waals surface area contributed by atoms with Gasteiger partial charge in [0.1, 0.15) is 0 Å². The van der Waals surface area contributed by atoms with Crippen molar-refractivity contribution in [3.8, 4) is 0 Å². The molecule has 0 rings (SSSR count). The molecule has 0 aliphatic rings. The largest absolute Gasteiger partial charge is 0.481 e. The van der Waals surface area contributed by atoms with E-state index in [1.54, 1.807) is 0 Å². The Morgan fingerprint density at radius 2 is 1.45 bits per heavy atom. The van der Waals surface area contributed by atoms with Gasteiger partial charge in [-0.2, -0.15) is 0 Å². The Morgan fingerprint density at radius 1 is 1.36 bits per heavy atom. The van der Waals surface area contributed by atoms with Crippen molar-refractivity contribution in [2.45, 2.75) is 27.7 Å². The van der Waals surface area contributed by atoms with Gasteiger partial charge in [-0.05, 0) is 5.41 Å². The molecule has 4 heteroatoms. The zero-order valence-electron chi connectivity index (χ0n) is 7.72. The van der Waals surface area contributed by atoms with Crippen molar-refractivity contribution in [1.82, 2.24) is 6.15 Å². The maximum Gasteiger partial charge on any atom is 0.300 e. The smallest absolute Gasteiger partial charge is 0.300 e. The summed E-state index contributed by atoms with van der Waals surface area (Å²) in [5.74, 6) is -0.833. The molecular weight excluding hydrogens is 146 g/mol. The highest BCUT2D eigenvalue weighted by Crippen LogP contribution is 2.09. The van der Waals surface area contributed by atoms with E-state index in [1.165, 1.54) is 0 Å². The number of aliphatic carboxylic acids is 1. The molecule has 70 valence electrons. The van der Waals surface area contributed by atoms with E-state index >= 15 is 0 Å². The highest BCUT2D eigenvalue weighted by Gasteiger charge is 2.05. The fraction of sp³-hybridized carbons (Fsp3) is 0.857. The second kappa shape index (κ2) is 7.50. The van der Waals surface area contributed by atoms with Crippen LogP contribution in [0.2, 0.25) is 0 Å². The topological polar surface area (TPSA) is 92.5 Å². The van der Waals surface area contributed by atoms with Crippen LogP contribution in [-0.4, -0.2) is 22.8 Å². The summed E-state index contributed by atoms with van der Waals surface area (Å²) in [6, 6.07) is 0. The summed E-state index contributed by atoms with van der Waals surface area (Å²) in [5.41, 5.74) is 0.0972. The molecule has 0 aliphatic heterocycles. The summed E-state index contributed by atoms with van der Waals surface area (Å²) in [6.07, 6.45) is 0. The third-order valence-corrected chi connectivity index (χ3v) is 0.474. The molecule has 0 spiro atoms. The number of hydrogen-bond acceptors (Lipinski definition) is 3. The lowest BCUT2D eigenvalue weighted by molar-refractivity contribution is -0.134. The van der Waals surface area contributed by atoms with E-state index in [2.05, 4.69) is 0 Å². The van der Waals surface area contributed by atoms with Crippen LogP contribution in [0.15, 0.2) is 0 Å². The van der Waals surface area contributed by atoms with Gasteiger partial charge in [-0.1, -0.05) is 20.8 Å². The molecule has 0 bridgehead atoms. The molecule has 11 heavy (non-hydrogen) atoms. The van der Waals surface area contributed by atoms with E-state index in [-0.39, 0.29) is 18.2 Å². The van der Waals surface area contributed by atoms with Gasteiger partial charge in [-0.25, -0.2) is 0 Å². The molecule has 4 nitrogen and oxygen atoms in total. The summed E-state index contributed by atoms with van der Waals surface area (Å²) >= 11 is 0. The van der Waals surface area contributed by atoms with Crippen LogP contribution in [0, 0.1) is 5.41 Å². The first-order valence-corrected chi connectivity index (χ1v) is 3.10. The lowest BCUT2D eigenvalue weighted by atomic mass is 9.99. The van der Waals surface area contributed by atoms with Gasteiger partial charge in [-0.3, -0.25) is 4.79 Å². The second-order valence-electron chi connectivity index (χ2n) is 3.24. The number of aliphatic hydroxyl groups is 1. The molecule has 0 aromatic rings. The van der Waals surface area contributed by atoms with Crippen LogP contribution < -0.4 is 6.15 Å². The minimum atomic E-state index is -0.833. The van der Waals surface area contributed by atoms with Gasteiger partial charge in [0, 0.05) is 13.5 Å². The highest BCUT2D eigenvalue weighted by atomic mass is 16.4. The van der Waals surface area contributed by atoms with Crippen LogP contribution in [0.5, 0.6) is 0 Å². The lowest BCUT2D eigenvalue weighted by Gasteiger charge is -2.11. The maximum absolute atomic E-state index is 9.00. The lowest BCUT2D eigenvalue weighted by Crippen LogP contribution is -2.09. The van der Waals surface area contributed by atoms with Gasteiger partial charge in [-0.15, -0.1) is 0 Å². The third-order valence-electron chi connectivity index (χ3n) is 0.474. The van der Waals surface area contributed by atoms with Crippen molar-refractivity contribution in [3.05, 3.63) is 0 Å². The molecule has 0 fully saturated rings. The summed E-state index contributed by atoms with van der Waals surface area (Å²) in [7, 11) is 0. The molecule has 0 saturated heterocycles. The first-order valence-electron chi connectivity index (χ1n) is 3.10. The predicted molar refractivity (Wildman–Crippen MR) is 44.9 cm³/mol. The maximum atomic E-state index is 9.00. The number of carboxylic acid groups (broad SMARTS) is 1. The average molecular weight is 165 g/mol. The Hall–Kier alpha value is -0.610. The number of carbonyl (C=O) groups is 1. The molecule has 0 aliphatic carbocycles. The predicted octanol–water partition coefficient (Wildman–Crippen LogP) is 1.28. The van der Waals surface area contributed by atoms with E-state index in [0.717, 1.165) is 6.92 Å². The molecule has 0 aromatic carbocycles. The molecule has 5 N–H and O–H groups in total. The van der Waals surface area contributed by atoms with Crippen molar-refractivity contribution >= 4 is 5.97 Å². The minimum Gasteiger partial charge on any atom is -0.481 e. The monoisotopic (exact) mass is 165 g/mol. The molecule has 0 unspecified atom stereocenters. The molecule has 0 aromatic heterocycles. The van der Waals surface area contributed by atoms with Gasteiger partial charge in [0.05, 0.1) is 0 Å². The van der Waals surface area contributed by atoms with Crippen molar-refractivity contribution in [3.63, 3.8) is 0 Å². The van der Waals surface area contributed by atoms with Gasteiger partial charge in [0.25, 0.3) is 5.97 Å². The third kappa shape index (κ3) is 89.8. The first-order chi connectivity index (χ1) is 4.29. The Morgan fingerprint density at radius 3 is 1.45 bits per heavy atom.